The molecule has 8 heteroatoms. The largest absolute Gasteiger partial charge is 0.507 e. The van der Waals surface area contributed by atoms with Gasteiger partial charge < -0.3 is 24.2 Å². The van der Waals surface area contributed by atoms with E-state index in [1.807, 2.05) is 50.2 Å². The molecule has 2 aromatic carbocycles. The predicted octanol–water partition coefficient (Wildman–Crippen LogP) is 3.55. The Hall–Kier alpha value is -3.36. The van der Waals surface area contributed by atoms with Crippen LogP contribution in [0.3, 0.4) is 0 Å². The summed E-state index contributed by atoms with van der Waals surface area (Å²) in [6, 6.07) is 12.2. The van der Waals surface area contributed by atoms with Crippen molar-refractivity contribution in [1.29, 1.82) is 0 Å². The summed E-state index contributed by atoms with van der Waals surface area (Å²) >= 11 is 0. The zero-order valence-electron chi connectivity index (χ0n) is 21.4. The smallest absolute Gasteiger partial charge is 0.295 e. The number of carbonyl (C=O) groups is 2. The van der Waals surface area contributed by atoms with Crippen LogP contribution < -0.4 is 9.47 Å². The zero-order valence-corrected chi connectivity index (χ0v) is 21.4. The van der Waals surface area contributed by atoms with Crippen molar-refractivity contribution in [3.05, 3.63) is 64.7 Å². The molecule has 2 saturated heterocycles. The van der Waals surface area contributed by atoms with Crippen molar-refractivity contribution in [2.24, 2.45) is 0 Å². The zero-order chi connectivity index (χ0) is 25.9. The van der Waals surface area contributed by atoms with Gasteiger partial charge in [0.15, 0.2) is 0 Å². The lowest BCUT2D eigenvalue weighted by Crippen LogP contribution is -2.42. The van der Waals surface area contributed by atoms with E-state index in [0.29, 0.717) is 44.2 Å². The molecule has 2 aromatic rings. The minimum Gasteiger partial charge on any atom is -0.507 e. The Morgan fingerprint density at radius 3 is 2.70 bits per heavy atom. The van der Waals surface area contributed by atoms with Gasteiger partial charge in [-0.3, -0.25) is 14.5 Å². The first-order chi connectivity index (χ1) is 18.0. The maximum atomic E-state index is 13.4. The maximum Gasteiger partial charge on any atom is 0.295 e. The van der Waals surface area contributed by atoms with Crippen molar-refractivity contribution in [3.63, 3.8) is 0 Å². The number of nitrogens with zero attached hydrogens (tertiary/aromatic N) is 2. The van der Waals surface area contributed by atoms with Gasteiger partial charge in [0.1, 0.15) is 23.4 Å². The van der Waals surface area contributed by atoms with Crippen LogP contribution in [0, 0.1) is 0 Å². The van der Waals surface area contributed by atoms with E-state index >= 15 is 0 Å². The quantitative estimate of drug-likeness (QED) is 0.333. The summed E-state index contributed by atoms with van der Waals surface area (Å²) < 4.78 is 17.1. The summed E-state index contributed by atoms with van der Waals surface area (Å²) in [7, 11) is 0. The molecule has 0 aromatic heterocycles. The summed E-state index contributed by atoms with van der Waals surface area (Å²) in [5.74, 6) is 0.0147. The lowest BCUT2D eigenvalue weighted by Gasteiger charge is -2.31. The first-order valence-electron chi connectivity index (χ1n) is 13.1. The van der Waals surface area contributed by atoms with E-state index in [1.165, 1.54) is 0 Å². The fourth-order valence-electron chi connectivity index (χ4n) is 5.25. The molecule has 0 aliphatic carbocycles. The van der Waals surface area contributed by atoms with Crippen molar-refractivity contribution in [3.8, 4) is 11.5 Å². The number of carbonyl (C=O) groups excluding carboxylic acids is 2. The molecular formula is C29H34N2O6. The highest BCUT2D eigenvalue weighted by Crippen LogP contribution is 2.41. The van der Waals surface area contributed by atoms with Gasteiger partial charge in [0.2, 0.25) is 0 Å². The highest BCUT2D eigenvalue weighted by molar-refractivity contribution is 6.46. The van der Waals surface area contributed by atoms with E-state index < -0.39 is 17.7 Å². The molecule has 0 bridgehead atoms. The minimum atomic E-state index is -0.713. The number of morpholine rings is 1. The van der Waals surface area contributed by atoms with Gasteiger partial charge in [-0.2, -0.15) is 0 Å². The molecule has 5 rings (SSSR count). The molecule has 0 unspecified atom stereocenters. The van der Waals surface area contributed by atoms with Gasteiger partial charge in [-0.25, -0.2) is 0 Å². The van der Waals surface area contributed by atoms with Gasteiger partial charge >= 0.3 is 0 Å². The summed E-state index contributed by atoms with van der Waals surface area (Å²) in [6.07, 6.45) is 1.65. The second kappa shape index (κ2) is 10.9. The second-order valence-corrected chi connectivity index (χ2v) is 9.82. The van der Waals surface area contributed by atoms with Crippen LogP contribution in [0.5, 0.6) is 11.5 Å². The number of amides is 1. The molecule has 196 valence electrons. The Morgan fingerprint density at radius 2 is 1.92 bits per heavy atom. The number of aliphatic hydroxyl groups excluding tert-OH is 1. The SMILES string of the molecule is CCCOc1cccc([C@@H]2/C(=C(\O)c3ccc4c(c3)C[C@H](C)O4)C(=O)C(=O)N2CCN2CCOCC2)c1. The van der Waals surface area contributed by atoms with Crippen LogP contribution in [0.4, 0.5) is 0 Å². The number of benzene rings is 2. The molecule has 2 atom stereocenters. The Balaban J connectivity index is 1.53. The number of rotatable bonds is 8. The van der Waals surface area contributed by atoms with Crippen molar-refractivity contribution in [1.82, 2.24) is 9.80 Å². The number of ether oxygens (including phenoxy) is 3. The number of aliphatic hydroxyl groups is 1. The van der Waals surface area contributed by atoms with Crippen molar-refractivity contribution < 1.29 is 28.9 Å². The lowest BCUT2D eigenvalue weighted by molar-refractivity contribution is -0.140. The summed E-state index contributed by atoms with van der Waals surface area (Å²) in [5.41, 5.74) is 2.32. The number of likely N-dealkylation sites (tertiary alicyclic amines) is 1. The minimum absolute atomic E-state index is 0.0593. The average molecular weight is 507 g/mol. The molecular weight excluding hydrogens is 472 g/mol. The van der Waals surface area contributed by atoms with Crippen molar-refractivity contribution in [2.45, 2.75) is 38.8 Å². The highest BCUT2D eigenvalue weighted by Gasteiger charge is 2.46. The van der Waals surface area contributed by atoms with Crippen LogP contribution in [0.2, 0.25) is 0 Å². The third kappa shape index (κ3) is 5.22. The fourth-order valence-corrected chi connectivity index (χ4v) is 5.25. The van der Waals surface area contributed by atoms with Crippen LogP contribution in [0.15, 0.2) is 48.0 Å². The molecule has 0 saturated carbocycles. The number of fused-ring (bicyclic) bond motifs is 1. The topological polar surface area (TPSA) is 88.5 Å². The first kappa shape index (κ1) is 25.3. The maximum absolute atomic E-state index is 13.4. The van der Waals surface area contributed by atoms with E-state index in [9.17, 15) is 14.7 Å². The molecule has 37 heavy (non-hydrogen) atoms. The Morgan fingerprint density at radius 1 is 1.11 bits per heavy atom. The molecule has 3 heterocycles. The van der Waals surface area contributed by atoms with Gasteiger partial charge in [-0.15, -0.1) is 0 Å². The summed E-state index contributed by atoms with van der Waals surface area (Å²) in [4.78, 5) is 30.5. The molecule has 8 nitrogen and oxygen atoms in total. The number of Topliss-reactive ketones (excluding diaryl/α,β-unsaturated/α-hetero) is 1. The molecule has 1 N–H and O–H groups in total. The Bertz CT molecular complexity index is 1200. The van der Waals surface area contributed by atoms with Gasteiger partial charge in [0.05, 0.1) is 31.4 Å². The van der Waals surface area contributed by atoms with Crippen molar-refractivity contribution in [2.75, 3.05) is 46.0 Å². The van der Waals surface area contributed by atoms with Crippen LogP contribution >= 0.6 is 0 Å². The van der Waals surface area contributed by atoms with Gasteiger partial charge in [0.25, 0.3) is 11.7 Å². The normalized spacial score (nSPS) is 23.2. The fraction of sp³-hybridized carbons (Fsp3) is 0.448. The van der Waals surface area contributed by atoms with Crippen LogP contribution in [-0.2, 0) is 20.7 Å². The van der Waals surface area contributed by atoms with E-state index in [2.05, 4.69) is 4.90 Å². The van der Waals surface area contributed by atoms with E-state index in [4.69, 9.17) is 14.2 Å². The predicted molar refractivity (Wildman–Crippen MR) is 139 cm³/mol. The molecule has 2 fully saturated rings. The summed E-state index contributed by atoms with van der Waals surface area (Å²) in [5, 5.41) is 11.5. The van der Waals surface area contributed by atoms with E-state index in [0.717, 1.165) is 42.8 Å². The second-order valence-electron chi connectivity index (χ2n) is 9.82. The number of ketones is 1. The molecule has 3 aliphatic heterocycles. The number of hydrogen-bond acceptors (Lipinski definition) is 7. The van der Waals surface area contributed by atoms with Gasteiger partial charge in [-0.1, -0.05) is 19.1 Å². The molecule has 0 spiro atoms. The van der Waals surface area contributed by atoms with E-state index in [-0.39, 0.29) is 17.4 Å². The summed E-state index contributed by atoms with van der Waals surface area (Å²) in [6.45, 7) is 8.44. The third-order valence-corrected chi connectivity index (χ3v) is 7.12. The number of hydrogen-bond donors (Lipinski definition) is 1. The van der Waals surface area contributed by atoms with Crippen LogP contribution in [0.1, 0.15) is 43.0 Å². The molecule has 1 amide bonds. The van der Waals surface area contributed by atoms with E-state index in [1.54, 1.807) is 11.0 Å². The highest BCUT2D eigenvalue weighted by atomic mass is 16.5. The van der Waals surface area contributed by atoms with Crippen molar-refractivity contribution >= 4 is 17.4 Å². The lowest BCUT2D eigenvalue weighted by atomic mass is 9.94. The monoisotopic (exact) mass is 506 g/mol. The standard InChI is InChI=1S/C29H34N2O6/c1-3-13-36-23-6-4-5-20(18-23)26-25(27(32)21-7-8-24-22(17-21)16-19(2)37-24)28(33)29(34)31(26)10-9-30-11-14-35-15-12-30/h4-8,17-19,26,32H,3,9-16H2,1-2H3/b27-25+/t19-,26+/m0/s1. The molecule has 3 aliphatic rings. The first-order valence-corrected chi connectivity index (χ1v) is 13.1. The molecule has 0 radical (unpaired) electrons. The van der Waals surface area contributed by atoms with Crippen LogP contribution in [-0.4, -0.2) is 78.7 Å². The Labute approximate surface area is 217 Å². The van der Waals surface area contributed by atoms with Gasteiger partial charge in [0, 0.05) is 38.2 Å². The average Bonchev–Trinajstić information content (AvgIpc) is 3.41. The van der Waals surface area contributed by atoms with Gasteiger partial charge in [-0.05, 0) is 54.8 Å². The Kier molecular flexibility index (Phi) is 7.48. The third-order valence-electron chi connectivity index (χ3n) is 7.12. The van der Waals surface area contributed by atoms with Crippen LogP contribution in [0.25, 0.3) is 5.76 Å².